The van der Waals surface area contributed by atoms with E-state index in [1.54, 1.807) is 6.07 Å². The molecule has 0 aliphatic heterocycles. The molecule has 3 nitrogen and oxygen atoms in total. The molecule has 4 bridgehead atoms. The monoisotopic (exact) mass is 347 g/mol. The third kappa shape index (κ3) is 3.28. The lowest BCUT2D eigenvalue weighted by Gasteiger charge is -2.56. The fraction of sp³-hybridized carbons (Fsp3) is 0.650. The van der Waals surface area contributed by atoms with Gasteiger partial charge in [-0.05, 0) is 92.4 Å². The molecule has 24 heavy (non-hydrogen) atoms. The standard InChI is InChI=1S/C20H26ClNO2/c1-13-4-17(21)2-3-18(13)24-11-19(23)22-12-20-8-14-5-15(9-20)7-16(6-14)10-20/h2-4,14-16H,5-12H2,1H3,(H,22,23). The number of carbonyl (C=O) groups excluding carboxylic acids is 1. The third-order valence-corrected chi connectivity index (χ3v) is 6.56. The highest BCUT2D eigenvalue weighted by Gasteiger charge is 2.50. The Morgan fingerprint density at radius 1 is 1.21 bits per heavy atom. The Balaban J connectivity index is 1.29. The van der Waals surface area contributed by atoms with Crippen LogP contribution >= 0.6 is 11.6 Å². The topological polar surface area (TPSA) is 38.3 Å². The van der Waals surface area contributed by atoms with Gasteiger partial charge < -0.3 is 10.1 Å². The number of aryl methyl sites for hydroxylation is 1. The van der Waals surface area contributed by atoms with Crippen molar-refractivity contribution < 1.29 is 9.53 Å². The predicted molar refractivity (Wildman–Crippen MR) is 95.3 cm³/mol. The average molecular weight is 348 g/mol. The van der Waals surface area contributed by atoms with Crippen LogP contribution in [0.2, 0.25) is 5.02 Å². The van der Waals surface area contributed by atoms with Crippen molar-refractivity contribution in [1.82, 2.24) is 5.32 Å². The summed E-state index contributed by atoms with van der Waals surface area (Å²) >= 11 is 5.94. The summed E-state index contributed by atoms with van der Waals surface area (Å²) in [5.41, 5.74) is 1.33. The number of ether oxygens (including phenoxy) is 1. The maximum Gasteiger partial charge on any atom is 0.257 e. The van der Waals surface area contributed by atoms with Crippen LogP contribution in [0.15, 0.2) is 18.2 Å². The normalized spacial score (nSPS) is 33.5. The van der Waals surface area contributed by atoms with Crippen LogP contribution in [0.3, 0.4) is 0 Å². The lowest BCUT2D eigenvalue weighted by atomic mass is 9.49. The molecular formula is C20H26ClNO2. The molecule has 4 heteroatoms. The molecule has 1 aromatic carbocycles. The lowest BCUT2D eigenvalue weighted by molar-refractivity contribution is -0.125. The zero-order valence-corrected chi connectivity index (χ0v) is 15.1. The molecule has 1 aromatic rings. The Morgan fingerprint density at radius 3 is 2.42 bits per heavy atom. The first-order valence-electron chi connectivity index (χ1n) is 9.17. The van der Waals surface area contributed by atoms with Gasteiger partial charge in [-0.1, -0.05) is 11.6 Å². The van der Waals surface area contributed by atoms with Gasteiger partial charge in [-0.2, -0.15) is 0 Å². The SMILES string of the molecule is Cc1cc(Cl)ccc1OCC(=O)NCC12CC3CC(CC(C3)C1)C2. The fourth-order valence-electron chi connectivity index (χ4n) is 5.76. The van der Waals surface area contributed by atoms with Crippen LogP contribution in [-0.4, -0.2) is 19.1 Å². The fourth-order valence-corrected chi connectivity index (χ4v) is 5.99. The van der Waals surface area contributed by atoms with Crippen molar-refractivity contribution in [1.29, 1.82) is 0 Å². The maximum absolute atomic E-state index is 12.2. The number of hydrogen-bond acceptors (Lipinski definition) is 2. The third-order valence-electron chi connectivity index (χ3n) is 6.32. The van der Waals surface area contributed by atoms with E-state index in [1.165, 1.54) is 38.5 Å². The number of rotatable bonds is 5. The quantitative estimate of drug-likeness (QED) is 0.859. The summed E-state index contributed by atoms with van der Waals surface area (Å²) in [7, 11) is 0. The minimum absolute atomic E-state index is 0.0138. The summed E-state index contributed by atoms with van der Waals surface area (Å²) in [4.78, 5) is 12.2. The molecule has 1 amide bonds. The highest BCUT2D eigenvalue weighted by atomic mass is 35.5. The molecule has 4 saturated carbocycles. The maximum atomic E-state index is 12.2. The molecule has 4 fully saturated rings. The van der Waals surface area contributed by atoms with E-state index >= 15 is 0 Å². The van der Waals surface area contributed by atoms with Gasteiger partial charge in [0.05, 0.1) is 0 Å². The predicted octanol–water partition coefficient (Wildman–Crippen LogP) is 4.36. The van der Waals surface area contributed by atoms with Gasteiger partial charge in [0.1, 0.15) is 5.75 Å². The van der Waals surface area contributed by atoms with E-state index in [9.17, 15) is 4.79 Å². The van der Waals surface area contributed by atoms with E-state index in [2.05, 4.69) is 5.32 Å². The van der Waals surface area contributed by atoms with Gasteiger partial charge in [0, 0.05) is 11.6 Å². The molecular weight excluding hydrogens is 322 g/mol. The van der Waals surface area contributed by atoms with Crippen LogP contribution in [0.25, 0.3) is 0 Å². The Morgan fingerprint density at radius 2 is 1.83 bits per heavy atom. The van der Waals surface area contributed by atoms with Crippen LogP contribution in [-0.2, 0) is 4.79 Å². The zero-order chi connectivity index (χ0) is 16.7. The van der Waals surface area contributed by atoms with Gasteiger partial charge in [0.15, 0.2) is 6.61 Å². The van der Waals surface area contributed by atoms with Crippen LogP contribution < -0.4 is 10.1 Å². The first kappa shape index (κ1) is 16.3. The molecule has 0 spiro atoms. The van der Waals surface area contributed by atoms with Crippen molar-refractivity contribution in [2.75, 3.05) is 13.2 Å². The second-order valence-electron chi connectivity index (χ2n) is 8.39. The van der Waals surface area contributed by atoms with Crippen LogP contribution in [0.4, 0.5) is 0 Å². The van der Waals surface area contributed by atoms with Gasteiger partial charge >= 0.3 is 0 Å². The summed E-state index contributed by atoms with van der Waals surface area (Å²) < 4.78 is 5.65. The van der Waals surface area contributed by atoms with Crippen molar-refractivity contribution in [3.63, 3.8) is 0 Å². The van der Waals surface area contributed by atoms with Gasteiger partial charge in [-0.3, -0.25) is 4.79 Å². The summed E-state index contributed by atoms with van der Waals surface area (Å²) in [5.74, 6) is 3.47. The van der Waals surface area contributed by atoms with Crippen LogP contribution in [0, 0.1) is 30.1 Å². The van der Waals surface area contributed by atoms with Gasteiger partial charge in [-0.15, -0.1) is 0 Å². The molecule has 4 aliphatic rings. The second-order valence-corrected chi connectivity index (χ2v) is 8.83. The van der Waals surface area contributed by atoms with Gasteiger partial charge in [0.2, 0.25) is 0 Å². The Labute approximate surface area is 149 Å². The molecule has 130 valence electrons. The van der Waals surface area contributed by atoms with Gasteiger partial charge in [0.25, 0.3) is 5.91 Å². The van der Waals surface area contributed by atoms with E-state index in [0.717, 1.165) is 35.6 Å². The summed E-state index contributed by atoms with van der Waals surface area (Å²) in [6.07, 6.45) is 8.26. The van der Waals surface area contributed by atoms with Crippen LogP contribution in [0.5, 0.6) is 5.75 Å². The van der Waals surface area contributed by atoms with E-state index in [-0.39, 0.29) is 12.5 Å². The number of hydrogen-bond donors (Lipinski definition) is 1. The molecule has 0 unspecified atom stereocenters. The zero-order valence-electron chi connectivity index (χ0n) is 14.3. The van der Waals surface area contributed by atoms with Crippen molar-refractivity contribution in [3.05, 3.63) is 28.8 Å². The highest BCUT2D eigenvalue weighted by Crippen LogP contribution is 2.59. The smallest absolute Gasteiger partial charge is 0.257 e. The molecule has 0 atom stereocenters. The lowest BCUT2D eigenvalue weighted by Crippen LogP contribution is -2.51. The summed E-state index contributed by atoms with van der Waals surface area (Å²) in [5, 5.41) is 3.84. The first-order valence-corrected chi connectivity index (χ1v) is 9.55. The summed E-state index contributed by atoms with van der Waals surface area (Å²) in [6, 6.07) is 5.46. The number of amides is 1. The van der Waals surface area contributed by atoms with Crippen molar-refractivity contribution in [2.45, 2.75) is 45.4 Å². The molecule has 4 aliphatic carbocycles. The Kier molecular flexibility index (Phi) is 4.24. The number of halogens is 1. The molecule has 0 saturated heterocycles. The molecule has 0 radical (unpaired) electrons. The number of carbonyl (C=O) groups is 1. The number of benzene rings is 1. The van der Waals surface area contributed by atoms with Crippen LogP contribution in [0.1, 0.15) is 44.1 Å². The minimum Gasteiger partial charge on any atom is -0.484 e. The molecule has 5 rings (SSSR count). The first-order chi connectivity index (χ1) is 11.5. The van der Waals surface area contributed by atoms with Gasteiger partial charge in [-0.25, -0.2) is 0 Å². The van der Waals surface area contributed by atoms with Crippen molar-refractivity contribution in [3.8, 4) is 5.75 Å². The van der Waals surface area contributed by atoms with E-state index < -0.39 is 0 Å². The largest absolute Gasteiger partial charge is 0.484 e. The molecule has 1 N–H and O–H groups in total. The summed E-state index contributed by atoms with van der Waals surface area (Å²) in [6.45, 7) is 2.85. The second kappa shape index (κ2) is 6.25. The average Bonchev–Trinajstić information content (AvgIpc) is 2.51. The van der Waals surface area contributed by atoms with E-state index in [1.807, 2.05) is 19.1 Å². The molecule has 0 heterocycles. The minimum atomic E-state index is -0.0138. The van der Waals surface area contributed by atoms with E-state index in [4.69, 9.17) is 16.3 Å². The van der Waals surface area contributed by atoms with E-state index in [0.29, 0.717) is 10.4 Å². The van der Waals surface area contributed by atoms with Crippen molar-refractivity contribution >= 4 is 17.5 Å². The molecule has 0 aromatic heterocycles. The Hall–Kier alpha value is -1.22. The highest BCUT2D eigenvalue weighted by molar-refractivity contribution is 6.30. The number of nitrogens with one attached hydrogen (secondary N) is 1. The van der Waals surface area contributed by atoms with Crippen molar-refractivity contribution in [2.24, 2.45) is 23.2 Å². The Bertz CT molecular complexity index is 607.